The predicted molar refractivity (Wildman–Crippen MR) is 128 cm³/mol. The molecule has 0 radical (unpaired) electrons. The molecule has 2 aromatic carbocycles. The van der Waals surface area contributed by atoms with Gasteiger partial charge in [-0.1, -0.05) is 43.2 Å². The van der Waals surface area contributed by atoms with Crippen molar-refractivity contribution in [1.29, 1.82) is 0 Å². The molecule has 0 unspecified atom stereocenters. The molecule has 0 saturated carbocycles. The molecule has 2 amide bonds. The fourth-order valence-electron chi connectivity index (χ4n) is 3.23. The first kappa shape index (κ1) is 26.3. The minimum Gasteiger partial charge on any atom is -0.354 e. The third-order valence-corrected chi connectivity index (χ3v) is 6.40. The van der Waals surface area contributed by atoms with Gasteiger partial charge in [-0.05, 0) is 50.1 Å². The molecule has 0 heterocycles. The molecular formula is C24H32FN3O4S. The maximum atomic E-state index is 13.4. The molecule has 0 spiro atoms. The lowest BCUT2D eigenvalue weighted by Crippen LogP contribution is -2.51. The third-order valence-electron chi connectivity index (χ3n) is 5.26. The number of nitrogens with one attached hydrogen (secondary N) is 1. The van der Waals surface area contributed by atoms with Crippen LogP contribution in [0.2, 0.25) is 0 Å². The molecule has 0 aromatic heterocycles. The largest absolute Gasteiger partial charge is 0.354 e. The van der Waals surface area contributed by atoms with Crippen LogP contribution in [-0.2, 0) is 26.2 Å². The van der Waals surface area contributed by atoms with Gasteiger partial charge in [0.25, 0.3) is 0 Å². The van der Waals surface area contributed by atoms with E-state index in [1.165, 1.54) is 17.0 Å². The number of amides is 2. The van der Waals surface area contributed by atoms with E-state index in [2.05, 4.69) is 5.32 Å². The molecule has 2 aromatic rings. The average Bonchev–Trinajstić information content (AvgIpc) is 2.76. The first-order valence-electron chi connectivity index (χ1n) is 10.9. The first-order valence-corrected chi connectivity index (χ1v) is 12.7. The van der Waals surface area contributed by atoms with Crippen LogP contribution in [0.4, 0.5) is 10.1 Å². The van der Waals surface area contributed by atoms with E-state index in [1.54, 1.807) is 6.92 Å². The van der Waals surface area contributed by atoms with Crippen LogP contribution >= 0.6 is 0 Å². The summed E-state index contributed by atoms with van der Waals surface area (Å²) in [6, 6.07) is 11.6. The van der Waals surface area contributed by atoms with Crippen molar-refractivity contribution in [2.45, 2.75) is 46.2 Å². The van der Waals surface area contributed by atoms with Gasteiger partial charge in [0, 0.05) is 13.1 Å². The quantitative estimate of drug-likeness (QED) is 0.504. The molecule has 0 fully saturated rings. The standard InChI is InChI=1S/C24H32FN3O4S/c1-5-6-15-26-24(30)19(3)27(16-20-9-7-18(2)8-10-20)23(29)17-28(33(4,31)32)22-13-11-21(25)12-14-22/h7-14,19H,5-6,15-17H2,1-4H3,(H,26,30)/t19-/m0/s1. The number of benzene rings is 2. The number of halogens is 1. The summed E-state index contributed by atoms with van der Waals surface area (Å²) in [5, 5.41) is 2.83. The van der Waals surface area contributed by atoms with Crippen molar-refractivity contribution < 1.29 is 22.4 Å². The summed E-state index contributed by atoms with van der Waals surface area (Å²) in [5.74, 6) is -1.36. The number of aryl methyl sites for hydroxylation is 1. The Bertz CT molecular complexity index is 1040. The van der Waals surface area contributed by atoms with E-state index in [4.69, 9.17) is 0 Å². The lowest BCUT2D eigenvalue weighted by molar-refractivity contribution is -0.139. The highest BCUT2D eigenvalue weighted by atomic mass is 32.2. The normalized spacial score (nSPS) is 12.2. The highest BCUT2D eigenvalue weighted by molar-refractivity contribution is 7.92. The average molecular weight is 478 g/mol. The minimum atomic E-state index is -3.84. The Morgan fingerprint density at radius 3 is 2.21 bits per heavy atom. The van der Waals surface area contributed by atoms with Crippen LogP contribution in [0.15, 0.2) is 48.5 Å². The molecule has 0 aliphatic heterocycles. The first-order chi connectivity index (χ1) is 15.5. The van der Waals surface area contributed by atoms with Gasteiger partial charge in [0.05, 0.1) is 11.9 Å². The number of carbonyl (C=O) groups excluding carboxylic acids is 2. The van der Waals surface area contributed by atoms with Crippen LogP contribution in [0.25, 0.3) is 0 Å². The number of carbonyl (C=O) groups is 2. The minimum absolute atomic E-state index is 0.141. The summed E-state index contributed by atoms with van der Waals surface area (Å²) < 4.78 is 39.1. The van der Waals surface area contributed by atoms with Crippen LogP contribution < -0.4 is 9.62 Å². The van der Waals surface area contributed by atoms with Gasteiger partial charge in [-0.2, -0.15) is 0 Å². The number of nitrogens with zero attached hydrogens (tertiary/aromatic N) is 2. The van der Waals surface area contributed by atoms with Gasteiger partial charge in [0.1, 0.15) is 18.4 Å². The van der Waals surface area contributed by atoms with Crippen molar-refractivity contribution >= 4 is 27.5 Å². The predicted octanol–water partition coefficient (Wildman–Crippen LogP) is 3.23. The Kier molecular flexibility index (Phi) is 9.40. The van der Waals surface area contributed by atoms with Crippen molar-refractivity contribution in [2.24, 2.45) is 0 Å². The zero-order valence-electron chi connectivity index (χ0n) is 19.5. The van der Waals surface area contributed by atoms with Crippen molar-refractivity contribution in [1.82, 2.24) is 10.2 Å². The summed E-state index contributed by atoms with van der Waals surface area (Å²) in [6.45, 7) is 5.71. The Labute approximate surface area is 195 Å². The van der Waals surface area contributed by atoms with Crippen molar-refractivity contribution in [3.63, 3.8) is 0 Å². The summed E-state index contributed by atoms with van der Waals surface area (Å²) in [4.78, 5) is 27.4. The summed E-state index contributed by atoms with van der Waals surface area (Å²) >= 11 is 0. The Hall–Kier alpha value is -2.94. The van der Waals surface area contributed by atoms with Crippen molar-refractivity contribution in [3.8, 4) is 0 Å². The maximum Gasteiger partial charge on any atom is 0.244 e. The van der Waals surface area contributed by atoms with Crippen molar-refractivity contribution in [2.75, 3.05) is 23.7 Å². The molecule has 9 heteroatoms. The van der Waals surface area contributed by atoms with Crippen LogP contribution in [-0.4, -0.2) is 50.5 Å². The second-order valence-electron chi connectivity index (χ2n) is 8.07. The number of anilines is 1. The Morgan fingerprint density at radius 1 is 1.06 bits per heavy atom. The summed E-state index contributed by atoms with van der Waals surface area (Å²) in [7, 11) is -3.84. The van der Waals surface area contributed by atoms with E-state index in [0.717, 1.165) is 46.7 Å². The summed E-state index contributed by atoms with van der Waals surface area (Å²) in [6.07, 6.45) is 2.72. The van der Waals surface area contributed by atoms with Gasteiger partial charge in [0.15, 0.2) is 0 Å². The topological polar surface area (TPSA) is 86.8 Å². The van der Waals surface area contributed by atoms with E-state index < -0.39 is 34.3 Å². The van der Waals surface area contributed by atoms with E-state index in [1.807, 2.05) is 38.1 Å². The van der Waals surface area contributed by atoms with Crippen LogP contribution in [0, 0.1) is 12.7 Å². The molecule has 7 nitrogen and oxygen atoms in total. The number of sulfonamides is 1. The number of unbranched alkanes of at least 4 members (excludes halogenated alkanes) is 1. The second-order valence-corrected chi connectivity index (χ2v) is 9.98. The zero-order valence-corrected chi connectivity index (χ0v) is 20.4. The molecular weight excluding hydrogens is 445 g/mol. The SMILES string of the molecule is CCCCNC(=O)[C@H](C)N(Cc1ccc(C)cc1)C(=O)CN(c1ccc(F)cc1)S(C)(=O)=O. The maximum absolute atomic E-state index is 13.4. The fourth-order valence-corrected chi connectivity index (χ4v) is 4.08. The highest BCUT2D eigenvalue weighted by Gasteiger charge is 2.30. The van der Waals surface area contributed by atoms with Gasteiger partial charge in [-0.3, -0.25) is 13.9 Å². The Balaban J connectivity index is 2.32. The van der Waals surface area contributed by atoms with Crippen LogP contribution in [0.1, 0.15) is 37.8 Å². The van der Waals surface area contributed by atoms with Gasteiger partial charge in [-0.15, -0.1) is 0 Å². The molecule has 1 N–H and O–H groups in total. The molecule has 0 bridgehead atoms. The molecule has 0 aliphatic carbocycles. The summed E-state index contributed by atoms with van der Waals surface area (Å²) in [5.41, 5.74) is 2.04. The van der Waals surface area contributed by atoms with Crippen LogP contribution in [0.3, 0.4) is 0 Å². The highest BCUT2D eigenvalue weighted by Crippen LogP contribution is 2.19. The number of hydrogen-bond acceptors (Lipinski definition) is 4. The zero-order chi connectivity index (χ0) is 24.6. The van der Waals surface area contributed by atoms with Gasteiger partial charge < -0.3 is 10.2 Å². The van der Waals surface area contributed by atoms with Crippen LogP contribution in [0.5, 0.6) is 0 Å². The van der Waals surface area contributed by atoms with E-state index in [0.29, 0.717) is 6.54 Å². The molecule has 33 heavy (non-hydrogen) atoms. The van der Waals surface area contributed by atoms with Gasteiger partial charge in [-0.25, -0.2) is 12.8 Å². The fraction of sp³-hybridized carbons (Fsp3) is 0.417. The lowest BCUT2D eigenvalue weighted by Gasteiger charge is -2.31. The molecule has 180 valence electrons. The van der Waals surface area contributed by atoms with E-state index >= 15 is 0 Å². The molecule has 0 aliphatic rings. The lowest BCUT2D eigenvalue weighted by atomic mass is 10.1. The van der Waals surface area contributed by atoms with Gasteiger partial charge in [0.2, 0.25) is 21.8 Å². The third kappa shape index (κ3) is 7.85. The Morgan fingerprint density at radius 2 is 1.67 bits per heavy atom. The molecule has 1 atom stereocenters. The molecule has 2 rings (SSSR count). The molecule has 0 saturated heterocycles. The second kappa shape index (κ2) is 11.8. The van der Waals surface area contributed by atoms with E-state index in [9.17, 15) is 22.4 Å². The number of rotatable bonds is 11. The smallest absolute Gasteiger partial charge is 0.244 e. The van der Waals surface area contributed by atoms with Gasteiger partial charge >= 0.3 is 0 Å². The van der Waals surface area contributed by atoms with Crippen molar-refractivity contribution in [3.05, 3.63) is 65.5 Å². The monoisotopic (exact) mass is 477 g/mol. The van der Waals surface area contributed by atoms with E-state index in [-0.39, 0.29) is 18.1 Å². The number of hydrogen-bond donors (Lipinski definition) is 1.